The molecule has 2 aromatic heterocycles. The van der Waals surface area contributed by atoms with E-state index in [1.165, 1.54) is 16.2 Å². The Morgan fingerprint density at radius 2 is 2.21 bits per heavy atom. The summed E-state index contributed by atoms with van der Waals surface area (Å²) >= 11 is 3.17. The van der Waals surface area contributed by atoms with E-state index < -0.39 is 0 Å². The van der Waals surface area contributed by atoms with Crippen molar-refractivity contribution in [1.29, 1.82) is 0 Å². The van der Waals surface area contributed by atoms with E-state index in [1.54, 1.807) is 16.8 Å². The van der Waals surface area contributed by atoms with E-state index in [2.05, 4.69) is 36.1 Å². The van der Waals surface area contributed by atoms with Crippen LogP contribution in [0.1, 0.15) is 51.9 Å². The summed E-state index contributed by atoms with van der Waals surface area (Å²) < 4.78 is 0. The third-order valence-electron chi connectivity index (χ3n) is 2.68. The van der Waals surface area contributed by atoms with E-state index in [1.807, 2.05) is 6.20 Å². The van der Waals surface area contributed by atoms with Crippen molar-refractivity contribution in [3.63, 3.8) is 0 Å². The second kappa shape index (κ2) is 6.25. The van der Waals surface area contributed by atoms with E-state index in [0.717, 1.165) is 16.3 Å². The van der Waals surface area contributed by atoms with Crippen molar-refractivity contribution in [3.05, 3.63) is 32.2 Å². The third-order valence-corrected chi connectivity index (χ3v) is 4.96. The van der Waals surface area contributed by atoms with Gasteiger partial charge in [0.05, 0.1) is 12.1 Å². The number of carbonyl (C=O) groups is 1. The summed E-state index contributed by atoms with van der Waals surface area (Å²) in [5.41, 5.74) is 2.27. The maximum atomic E-state index is 12.1. The quantitative estimate of drug-likeness (QED) is 0.921. The summed E-state index contributed by atoms with van der Waals surface area (Å²) in [4.78, 5) is 22.8. The molecule has 1 amide bonds. The van der Waals surface area contributed by atoms with Crippen LogP contribution in [-0.4, -0.2) is 15.9 Å². The van der Waals surface area contributed by atoms with Gasteiger partial charge < -0.3 is 5.32 Å². The first-order chi connectivity index (χ1) is 9.11. The molecule has 0 aromatic carbocycles. The van der Waals surface area contributed by atoms with E-state index in [4.69, 9.17) is 0 Å². The summed E-state index contributed by atoms with van der Waals surface area (Å²) in [5.74, 6) is 0.206. The lowest BCUT2D eigenvalue weighted by molar-refractivity contribution is 0.0945. The summed E-state index contributed by atoms with van der Waals surface area (Å²) in [5, 5.41) is 3.82. The van der Waals surface area contributed by atoms with Crippen LogP contribution < -0.4 is 5.32 Å². The molecule has 0 saturated heterocycles. The molecule has 0 atom stereocenters. The van der Waals surface area contributed by atoms with Gasteiger partial charge in [-0.1, -0.05) is 20.8 Å². The van der Waals surface area contributed by atoms with Gasteiger partial charge in [0.2, 0.25) is 0 Å². The van der Waals surface area contributed by atoms with Gasteiger partial charge in [0.1, 0.15) is 10.7 Å². The summed E-state index contributed by atoms with van der Waals surface area (Å²) in [6, 6.07) is 0. The van der Waals surface area contributed by atoms with Crippen LogP contribution in [0.2, 0.25) is 0 Å². The maximum Gasteiger partial charge on any atom is 0.271 e. The molecule has 2 rings (SSSR count). The number of hydrogen-bond acceptors (Lipinski definition) is 5. The van der Waals surface area contributed by atoms with E-state index in [9.17, 15) is 4.79 Å². The van der Waals surface area contributed by atoms with Gasteiger partial charge >= 0.3 is 0 Å². The molecule has 1 N–H and O–H groups in total. The highest BCUT2D eigenvalue weighted by Gasteiger charge is 2.17. The molecule has 0 unspecified atom stereocenters. The van der Waals surface area contributed by atoms with Crippen molar-refractivity contribution >= 4 is 28.6 Å². The molecular formula is C13H17N3OS2. The summed E-state index contributed by atoms with van der Waals surface area (Å²) in [6.07, 6.45) is 2.85. The van der Waals surface area contributed by atoms with Crippen LogP contribution in [0.5, 0.6) is 0 Å². The molecule has 102 valence electrons. The molecular weight excluding hydrogens is 278 g/mol. The van der Waals surface area contributed by atoms with E-state index in [-0.39, 0.29) is 5.91 Å². The lowest BCUT2D eigenvalue weighted by Gasteiger charge is -2.05. The van der Waals surface area contributed by atoms with Crippen molar-refractivity contribution in [2.45, 2.75) is 39.7 Å². The van der Waals surface area contributed by atoms with Crippen LogP contribution in [-0.2, 0) is 13.0 Å². The van der Waals surface area contributed by atoms with Gasteiger partial charge in [-0.25, -0.2) is 9.97 Å². The minimum atomic E-state index is -0.113. The predicted molar refractivity (Wildman–Crippen MR) is 78.9 cm³/mol. The largest absolute Gasteiger partial charge is 0.344 e. The fourth-order valence-corrected chi connectivity index (χ4v) is 3.27. The van der Waals surface area contributed by atoms with E-state index in [0.29, 0.717) is 18.2 Å². The zero-order valence-electron chi connectivity index (χ0n) is 11.3. The molecule has 19 heavy (non-hydrogen) atoms. The van der Waals surface area contributed by atoms with Crippen LogP contribution >= 0.6 is 22.7 Å². The van der Waals surface area contributed by atoms with Crippen LogP contribution in [0.4, 0.5) is 0 Å². The Morgan fingerprint density at radius 3 is 2.84 bits per heavy atom. The summed E-state index contributed by atoms with van der Waals surface area (Å²) in [6.45, 7) is 6.70. The number of nitrogens with zero attached hydrogens (tertiary/aromatic N) is 2. The summed E-state index contributed by atoms with van der Waals surface area (Å²) in [7, 11) is 0. The Morgan fingerprint density at radius 1 is 1.42 bits per heavy atom. The topological polar surface area (TPSA) is 54.9 Å². The van der Waals surface area contributed by atoms with Gasteiger partial charge in [0.15, 0.2) is 0 Å². The normalized spacial score (nSPS) is 10.9. The molecule has 0 bridgehead atoms. The molecule has 0 aliphatic carbocycles. The van der Waals surface area contributed by atoms with Crippen molar-refractivity contribution in [2.75, 3.05) is 0 Å². The number of amides is 1. The molecule has 0 radical (unpaired) electrons. The van der Waals surface area contributed by atoms with Crippen LogP contribution in [0.25, 0.3) is 0 Å². The van der Waals surface area contributed by atoms with Crippen LogP contribution in [0.3, 0.4) is 0 Å². The minimum absolute atomic E-state index is 0.113. The predicted octanol–water partition coefficient (Wildman–Crippen LogP) is 3.22. The Labute approximate surface area is 120 Å². The molecule has 2 aromatic rings. The highest BCUT2D eigenvalue weighted by atomic mass is 32.1. The van der Waals surface area contributed by atoms with E-state index >= 15 is 0 Å². The average Bonchev–Trinajstić information content (AvgIpc) is 3.04. The molecule has 2 heterocycles. The number of nitrogens with one attached hydrogen (secondary N) is 1. The van der Waals surface area contributed by atoms with Gasteiger partial charge in [-0.2, -0.15) is 0 Å². The maximum absolute atomic E-state index is 12.1. The van der Waals surface area contributed by atoms with Crippen molar-refractivity contribution in [2.24, 2.45) is 0 Å². The molecule has 0 fully saturated rings. The van der Waals surface area contributed by atoms with Gasteiger partial charge in [-0.3, -0.25) is 4.79 Å². The monoisotopic (exact) mass is 295 g/mol. The zero-order chi connectivity index (χ0) is 13.8. The Kier molecular flexibility index (Phi) is 4.66. The highest BCUT2D eigenvalue weighted by Crippen LogP contribution is 2.23. The standard InChI is InChI=1S/C13H17N3OS2/c1-4-9-5-14-10(19-9)6-15-13(17)11-12(8(2)3)18-7-16-11/h5,7-8H,4,6H2,1-3H3,(H,15,17). The van der Waals surface area contributed by atoms with Gasteiger partial charge in [0.25, 0.3) is 5.91 Å². The van der Waals surface area contributed by atoms with Gasteiger partial charge in [0, 0.05) is 16.0 Å². The van der Waals surface area contributed by atoms with Gasteiger partial charge in [-0.15, -0.1) is 22.7 Å². The number of thiazole rings is 2. The number of rotatable bonds is 5. The molecule has 0 aliphatic rings. The first-order valence-corrected chi connectivity index (χ1v) is 7.96. The Hall–Kier alpha value is -1.27. The molecule has 0 spiro atoms. The molecule has 0 saturated carbocycles. The number of aromatic nitrogens is 2. The Bertz CT molecular complexity index is 560. The fraction of sp³-hybridized carbons (Fsp3) is 0.462. The fourth-order valence-electron chi connectivity index (χ4n) is 1.67. The van der Waals surface area contributed by atoms with Crippen molar-refractivity contribution in [3.8, 4) is 0 Å². The van der Waals surface area contributed by atoms with Crippen LogP contribution in [0.15, 0.2) is 11.7 Å². The van der Waals surface area contributed by atoms with Crippen molar-refractivity contribution in [1.82, 2.24) is 15.3 Å². The first-order valence-electron chi connectivity index (χ1n) is 6.27. The lowest BCUT2D eigenvalue weighted by Crippen LogP contribution is -2.24. The second-order valence-corrected chi connectivity index (χ2v) is 6.56. The lowest BCUT2D eigenvalue weighted by atomic mass is 10.1. The molecule has 6 heteroatoms. The number of hydrogen-bond donors (Lipinski definition) is 1. The minimum Gasteiger partial charge on any atom is -0.344 e. The number of carbonyl (C=O) groups excluding carboxylic acids is 1. The average molecular weight is 295 g/mol. The molecule has 0 aliphatic heterocycles. The first kappa shape index (κ1) is 14.1. The second-order valence-electron chi connectivity index (χ2n) is 4.48. The zero-order valence-corrected chi connectivity index (χ0v) is 12.9. The van der Waals surface area contributed by atoms with Gasteiger partial charge in [-0.05, 0) is 12.3 Å². The van der Waals surface area contributed by atoms with Crippen LogP contribution in [0, 0.1) is 0 Å². The molecule has 4 nitrogen and oxygen atoms in total. The Balaban J connectivity index is 1.99. The van der Waals surface area contributed by atoms with Crippen molar-refractivity contribution < 1.29 is 4.79 Å². The highest BCUT2D eigenvalue weighted by molar-refractivity contribution is 7.11. The smallest absolute Gasteiger partial charge is 0.271 e. The third kappa shape index (κ3) is 3.39. The SMILES string of the molecule is CCc1cnc(CNC(=O)c2ncsc2C(C)C)s1. The number of aryl methyl sites for hydroxylation is 1.